The van der Waals surface area contributed by atoms with Gasteiger partial charge in [0.25, 0.3) is 0 Å². The zero-order valence-electron chi connectivity index (χ0n) is 15.4. The highest BCUT2D eigenvalue weighted by molar-refractivity contribution is 5.65. The number of hydrogen-bond acceptors (Lipinski definition) is 4. The smallest absolute Gasteiger partial charge is 0.147 e. The Kier molecular flexibility index (Phi) is 4.48. The lowest BCUT2D eigenvalue weighted by atomic mass is 10.0. The Morgan fingerprint density at radius 1 is 1.27 bits per heavy atom. The van der Waals surface area contributed by atoms with Gasteiger partial charge in [-0.2, -0.15) is 10.4 Å². The summed E-state index contributed by atoms with van der Waals surface area (Å²) in [7, 11) is 0. The molecule has 134 valence electrons. The molecular weight excluding hydrogens is 324 g/mol. The highest BCUT2D eigenvalue weighted by Gasteiger charge is 2.25. The van der Waals surface area contributed by atoms with Crippen molar-refractivity contribution in [1.82, 2.24) is 24.1 Å². The Morgan fingerprint density at radius 3 is 2.92 bits per heavy atom. The average molecular weight is 348 g/mol. The lowest BCUT2D eigenvalue weighted by Crippen LogP contribution is -2.42. The summed E-state index contributed by atoms with van der Waals surface area (Å²) in [4.78, 5) is 6.94. The number of likely N-dealkylation sites (tertiary alicyclic amines) is 1. The van der Waals surface area contributed by atoms with Crippen molar-refractivity contribution in [1.29, 1.82) is 5.26 Å². The number of nitrogens with zero attached hydrogens (tertiary/aromatic N) is 6. The number of nitriles is 1. The fraction of sp³-hybridized carbons (Fsp3) is 0.450. The van der Waals surface area contributed by atoms with Gasteiger partial charge in [0.1, 0.15) is 17.7 Å². The van der Waals surface area contributed by atoms with Crippen LogP contribution in [0.4, 0.5) is 0 Å². The van der Waals surface area contributed by atoms with Crippen LogP contribution in [0, 0.1) is 25.2 Å². The summed E-state index contributed by atoms with van der Waals surface area (Å²) in [6.07, 6.45) is 7.73. The molecule has 1 aliphatic rings. The van der Waals surface area contributed by atoms with Crippen molar-refractivity contribution in [2.45, 2.75) is 52.2 Å². The lowest BCUT2D eigenvalue weighted by molar-refractivity contribution is 0.121. The topological polar surface area (TPSA) is 62.2 Å². The number of aryl methyl sites for hydroxylation is 2. The largest absolute Gasteiger partial charge is 0.322 e. The molecule has 4 heterocycles. The lowest BCUT2D eigenvalue weighted by Gasteiger charge is -2.35. The van der Waals surface area contributed by atoms with E-state index >= 15 is 0 Å². The van der Waals surface area contributed by atoms with Crippen molar-refractivity contribution in [2.75, 3.05) is 6.54 Å². The van der Waals surface area contributed by atoms with Crippen molar-refractivity contribution >= 4 is 5.52 Å². The van der Waals surface area contributed by atoms with E-state index in [4.69, 9.17) is 0 Å². The summed E-state index contributed by atoms with van der Waals surface area (Å²) < 4.78 is 4.08. The molecule has 0 radical (unpaired) electrons. The van der Waals surface area contributed by atoms with E-state index in [1.807, 2.05) is 42.9 Å². The molecule has 1 saturated heterocycles. The maximum Gasteiger partial charge on any atom is 0.147 e. The van der Waals surface area contributed by atoms with E-state index in [1.54, 1.807) is 0 Å². The van der Waals surface area contributed by atoms with E-state index in [-0.39, 0.29) is 0 Å². The van der Waals surface area contributed by atoms with Crippen LogP contribution < -0.4 is 0 Å². The molecule has 6 nitrogen and oxygen atoms in total. The number of rotatable bonds is 4. The minimum atomic E-state index is 0.429. The molecule has 1 fully saturated rings. The number of piperidine rings is 1. The molecule has 0 N–H and O–H groups in total. The zero-order valence-corrected chi connectivity index (χ0v) is 15.4. The van der Waals surface area contributed by atoms with E-state index in [1.165, 1.54) is 12.8 Å². The standard InChI is InChI=1S/C20H24N6/c1-15-22-16(2)26(23-15)14-18-7-3-5-9-24(18)12-17-13-25-10-6-4-8-20(25)19(17)11-21/h4,6,8,10,13,18H,3,5,7,9,12,14H2,1-2H3/t18-/m0/s1. The molecule has 0 amide bonds. The molecule has 0 unspecified atom stereocenters. The Hall–Kier alpha value is -2.65. The fourth-order valence-electron chi connectivity index (χ4n) is 4.05. The molecule has 0 saturated carbocycles. The van der Waals surface area contributed by atoms with Crippen LogP contribution in [0.25, 0.3) is 5.52 Å². The van der Waals surface area contributed by atoms with Gasteiger partial charge in [-0.25, -0.2) is 9.67 Å². The van der Waals surface area contributed by atoms with E-state index < -0.39 is 0 Å². The third-order valence-corrected chi connectivity index (χ3v) is 5.34. The highest BCUT2D eigenvalue weighted by Crippen LogP contribution is 2.25. The minimum absolute atomic E-state index is 0.429. The summed E-state index contributed by atoms with van der Waals surface area (Å²) in [6, 6.07) is 8.83. The summed E-state index contributed by atoms with van der Waals surface area (Å²) in [6.45, 7) is 6.69. The molecule has 0 spiro atoms. The summed E-state index contributed by atoms with van der Waals surface area (Å²) in [5.41, 5.74) is 2.89. The Morgan fingerprint density at radius 2 is 2.15 bits per heavy atom. The van der Waals surface area contributed by atoms with Gasteiger partial charge in [-0.05, 0) is 45.4 Å². The van der Waals surface area contributed by atoms with Gasteiger partial charge in [0.2, 0.25) is 0 Å². The summed E-state index contributed by atoms with van der Waals surface area (Å²) in [5.74, 6) is 1.80. The SMILES string of the molecule is Cc1nc(C)n(C[C@@H]2CCCCN2Cc2cn3ccccc3c2C#N)n1. The second kappa shape index (κ2) is 6.93. The minimum Gasteiger partial charge on any atom is -0.322 e. The number of fused-ring (bicyclic) bond motifs is 1. The fourth-order valence-corrected chi connectivity index (χ4v) is 4.05. The Labute approximate surface area is 153 Å². The van der Waals surface area contributed by atoms with E-state index in [0.29, 0.717) is 6.04 Å². The summed E-state index contributed by atoms with van der Waals surface area (Å²) in [5, 5.41) is 14.2. The van der Waals surface area contributed by atoms with Gasteiger partial charge in [0.15, 0.2) is 0 Å². The first-order valence-corrected chi connectivity index (χ1v) is 9.26. The quantitative estimate of drug-likeness (QED) is 0.727. The normalized spacial score (nSPS) is 18.3. The number of pyridine rings is 1. The van der Waals surface area contributed by atoms with Gasteiger partial charge in [-0.15, -0.1) is 0 Å². The third-order valence-electron chi connectivity index (χ3n) is 5.34. The van der Waals surface area contributed by atoms with Gasteiger partial charge >= 0.3 is 0 Å². The number of hydrogen-bond donors (Lipinski definition) is 0. The van der Waals surface area contributed by atoms with Crippen LogP contribution in [0.3, 0.4) is 0 Å². The molecule has 0 bridgehead atoms. The maximum absolute atomic E-state index is 9.67. The molecule has 3 aromatic heterocycles. The van der Waals surface area contributed by atoms with Gasteiger partial charge in [0, 0.05) is 30.5 Å². The van der Waals surface area contributed by atoms with Crippen molar-refractivity contribution in [2.24, 2.45) is 0 Å². The maximum atomic E-state index is 9.67. The molecule has 26 heavy (non-hydrogen) atoms. The molecule has 1 aliphatic heterocycles. The van der Waals surface area contributed by atoms with Crippen LogP contribution in [0.15, 0.2) is 30.6 Å². The van der Waals surface area contributed by atoms with E-state index in [0.717, 1.165) is 54.3 Å². The van der Waals surface area contributed by atoms with Crippen LogP contribution >= 0.6 is 0 Å². The third kappa shape index (κ3) is 3.11. The summed E-state index contributed by atoms with van der Waals surface area (Å²) >= 11 is 0. The van der Waals surface area contributed by atoms with Gasteiger partial charge < -0.3 is 4.40 Å². The molecule has 6 heteroatoms. The van der Waals surface area contributed by atoms with Gasteiger partial charge in [-0.1, -0.05) is 12.5 Å². The van der Waals surface area contributed by atoms with Crippen molar-refractivity contribution < 1.29 is 0 Å². The average Bonchev–Trinajstić information content (AvgIpc) is 3.15. The van der Waals surface area contributed by atoms with Gasteiger partial charge in [0.05, 0.1) is 17.6 Å². The van der Waals surface area contributed by atoms with Crippen LogP contribution in [-0.4, -0.2) is 36.7 Å². The van der Waals surface area contributed by atoms with E-state index in [2.05, 4.69) is 31.6 Å². The predicted octanol–water partition coefficient (Wildman–Crippen LogP) is 3.07. The van der Waals surface area contributed by atoms with Crippen LogP contribution in [0.1, 0.15) is 42.0 Å². The zero-order chi connectivity index (χ0) is 18.1. The highest BCUT2D eigenvalue weighted by atomic mass is 15.4. The first-order valence-electron chi connectivity index (χ1n) is 9.26. The molecule has 3 aromatic rings. The molecule has 1 atom stereocenters. The molecular formula is C20H24N6. The molecule has 0 aliphatic carbocycles. The van der Waals surface area contributed by atoms with Crippen molar-refractivity contribution in [3.05, 3.63) is 53.4 Å². The second-order valence-corrected chi connectivity index (χ2v) is 7.14. The van der Waals surface area contributed by atoms with Crippen LogP contribution in [0.2, 0.25) is 0 Å². The van der Waals surface area contributed by atoms with Gasteiger partial charge in [-0.3, -0.25) is 4.90 Å². The van der Waals surface area contributed by atoms with Crippen molar-refractivity contribution in [3.63, 3.8) is 0 Å². The van der Waals surface area contributed by atoms with Crippen LogP contribution in [0.5, 0.6) is 0 Å². The Balaban J connectivity index is 1.59. The number of aromatic nitrogens is 4. The van der Waals surface area contributed by atoms with Crippen molar-refractivity contribution in [3.8, 4) is 6.07 Å². The van der Waals surface area contributed by atoms with E-state index in [9.17, 15) is 5.26 Å². The van der Waals surface area contributed by atoms with Crippen LogP contribution in [-0.2, 0) is 13.1 Å². The predicted molar refractivity (Wildman–Crippen MR) is 99.7 cm³/mol. The monoisotopic (exact) mass is 348 g/mol. The first-order chi connectivity index (χ1) is 12.7. The second-order valence-electron chi connectivity index (χ2n) is 7.14. The molecule has 0 aromatic carbocycles. The Bertz CT molecular complexity index is 960. The first kappa shape index (κ1) is 16.8. The molecule has 4 rings (SSSR count).